The Kier molecular flexibility index (Phi) is 4.69. The highest BCUT2D eigenvalue weighted by Gasteiger charge is 2.01. The van der Waals surface area contributed by atoms with E-state index in [2.05, 4.69) is 10.3 Å². The number of hydrogen-bond acceptors (Lipinski definition) is 3. The maximum Gasteiger partial charge on any atom is 0.142 e. The molecule has 0 amide bonds. The lowest BCUT2D eigenvalue weighted by Gasteiger charge is -2.04. The van der Waals surface area contributed by atoms with E-state index in [1.165, 1.54) is 6.07 Å². The van der Waals surface area contributed by atoms with E-state index in [0.717, 1.165) is 29.2 Å². The van der Waals surface area contributed by atoms with Crippen molar-refractivity contribution in [3.63, 3.8) is 0 Å². The van der Waals surface area contributed by atoms with Gasteiger partial charge < -0.3 is 5.32 Å². The van der Waals surface area contributed by atoms with Crippen molar-refractivity contribution in [2.45, 2.75) is 19.9 Å². The first kappa shape index (κ1) is 13.5. The van der Waals surface area contributed by atoms with Crippen LogP contribution >= 0.6 is 22.9 Å². The van der Waals surface area contributed by atoms with Gasteiger partial charge in [-0.2, -0.15) is 0 Å². The molecule has 0 fully saturated rings. The Hall–Kier alpha value is -0.970. The van der Waals surface area contributed by atoms with Crippen molar-refractivity contribution in [2.24, 2.45) is 0 Å². The molecule has 2 rings (SSSR count). The Morgan fingerprint density at radius 3 is 2.94 bits per heavy atom. The van der Waals surface area contributed by atoms with E-state index in [4.69, 9.17) is 11.6 Å². The van der Waals surface area contributed by atoms with E-state index in [1.54, 1.807) is 17.4 Å². The molecule has 1 heterocycles. The number of thiazole rings is 1. The molecular formula is C13H14ClFN2S. The van der Waals surface area contributed by atoms with Crippen molar-refractivity contribution in [3.05, 3.63) is 50.7 Å². The van der Waals surface area contributed by atoms with Crippen LogP contribution in [0.25, 0.3) is 0 Å². The van der Waals surface area contributed by atoms with E-state index in [9.17, 15) is 4.39 Å². The summed E-state index contributed by atoms with van der Waals surface area (Å²) in [7, 11) is 0. The fraction of sp³-hybridized carbons (Fsp3) is 0.308. The van der Waals surface area contributed by atoms with E-state index < -0.39 is 0 Å². The minimum Gasteiger partial charge on any atom is -0.312 e. The summed E-state index contributed by atoms with van der Waals surface area (Å²) in [4.78, 5) is 4.38. The molecule has 18 heavy (non-hydrogen) atoms. The molecule has 0 spiro atoms. The SMILES string of the molecule is Cc1csc(CCNCc2ccc(Cl)c(F)c2)n1. The number of rotatable bonds is 5. The van der Waals surface area contributed by atoms with Crippen LogP contribution in [0.2, 0.25) is 5.02 Å². The Balaban J connectivity index is 1.76. The van der Waals surface area contributed by atoms with Crippen LogP contribution in [0.1, 0.15) is 16.3 Å². The van der Waals surface area contributed by atoms with Crippen LogP contribution in [-0.4, -0.2) is 11.5 Å². The van der Waals surface area contributed by atoms with E-state index in [1.807, 2.05) is 18.4 Å². The molecule has 1 aromatic heterocycles. The molecule has 0 bridgehead atoms. The molecule has 1 aromatic carbocycles. The number of hydrogen-bond donors (Lipinski definition) is 1. The van der Waals surface area contributed by atoms with Gasteiger partial charge in [0.2, 0.25) is 0 Å². The highest BCUT2D eigenvalue weighted by Crippen LogP contribution is 2.15. The van der Waals surface area contributed by atoms with Gasteiger partial charge in [-0.15, -0.1) is 11.3 Å². The maximum absolute atomic E-state index is 13.2. The van der Waals surface area contributed by atoms with Crippen molar-refractivity contribution in [1.82, 2.24) is 10.3 Å². The fourth-order valence-corrected chi connectivity index (χ4v) is 2.49. The first-order valence-electron chi connectivity index (χ1n) is 5.71. The third kappa shape index (κ3) is 3.77. The van der Waals surface area contributed by atoms with Crippen LogP contribution in [0.15, 0.2) is 23.6 Å². The first-order chi connectivity index (χ1) is 8.65. The fourth-order valence-electron chi connectivity index (χ4n) is 1.60. The minimum atomic E-state index is -0.369. The lowest BCUT2D eigenvalue weighted by Crippen LogP contribution is -2.16. The Labute approximate surface area is 115 Å². The molecule has 0 saturated carbocycles. The second-order valence-corrected chi connectivity index (χ2v) is 5.41. The molecule has 1 N–H and O–H groups in total. The molecule has 0 aliphatic heterocycles. The average Bonchev–Trinajstić information content (AvgIpc) is 2.75. The third-order valence-electron chi connectivity index (χ3n) is 2.50. The first-order valence-corrected chi connectivity index (χ1v) is 6.96. The molecule has 0 radical (unpaired) electrons. The van der Waals surface area contributed by atoms with Crippen molar-refractivity contribution < 1.29 is 4.39 Å². The van der Waals surface area contributed by atoms with Crippen molar-refractivity contribution in [2.75, 3.05) is 6.54 Å². The average molecular weight is 285 g/mol. The van der Waals surface area contributed by atoms with Crippen LogP contribution in [-0.2, 0) is 13.0 Å². The third-order valence-corrected chi connectivity index (χ3v) is 3.83. The van der Waals surface area contributed by atoms with Crippen molar-refractivity contribution in [3.8, 4) is 0 Å². The van der Waals surface area contributed by atoms with Crippen LogP contribution in [0.5, 0.6) is 0 Å². The van der Waals surface area contributed by atoms with Gasteiger partial charge in [-0.25, -0.2) is 9.37 Å². The van der Waals surface area contributed by atoms with Gasteiger partial charge in [-0.05, 0) is 24.6 Å². The van der Waals surface area contributed by atoms with Gasteiger partial charge in [0.05, 0.1) is 10.0 Å². The largest absolute Gasteiger partial charge is 0.312 e. The Morgan fingerprint density at radius 2 is 2.28 bits per heavy atom. The molecule has 2 aromatic rings. The maximum atomic E-state index is 13.2. The van der Waals surface area contributed by atoms with E-state index >= 15 is 0 Å². The molecule has 0 saturated heterocycles. The molecular weight excluding hydrogens is 271 g/mol. The molecule has 96 valence electrons. The van der Waals surface area contributed by atoms with Crippen molar-refractivity contribution >= 4 is 22.9 Å². The quantitative estimate of drug-likeness (QED) is 0.849. The zero-order chi connectivity index (χ0) is 13.0. The molecule has 0 aliphatic rings. The van der Waals surface area contributed by atoms with Crippen LogP contribution < -0.4 is 5.32 Å². The number of aryl methyl sites for hydroxylation is 1. The Morgan fingerprint density at radius 1 is 1.44 bits per heavy atom. The number of aromatic nitrogens is 1. The summed E-state index contributed by atoms with van der Waals surface area (Å²) in [6, 6.07) is 4.87. The number of nitrogens with one attached hydrogen (secondary N) is 1. The molecule has 0 aliphatic carbocycles. The topological polar surface area (TPSA) is 24.9 Å². The monoisotopic (exact) mass is 284 g/mol. The van der Waals surface area contributed by atoms with Crippen LogP contribution in [0.3, 0.4) is 0 Å². The zero-order valence-electron chi connectivity index (χ0n) is 10.0. The molecule has 0 unspecified atom stereocenters. The normalized spacial score (nSPS) is 10.8. The summed E-state index contributed by atoms with van der Waals surface area (Å²) in [6.45, 7) is 3.46. The number of benzene rings is 1. The van der Waals surface area contributed by atoms with E-state index in [-0.39, 0.29) is 10.8 Å². The lowest BCUT2D eigenvalue weighted by atomic mass is 10.2. The smallest absolute Gasteiger partial charge is 0.142 e. The minimum absolute atomic E-state index is 0.164. The van der Waals surface area contributed by atoms with Crippen LogP contribution in [0, 0.1) is 12.7 Å². The molecule has 2 nitrogen and oxygen atoms in total. The van der Waals surface area contributed by atoms with Gasteiger partial charge in [-0.1, -0.05) is 17.7 Å². The van der Waals surface area contributed by atoms with Gasteiger partial charge in [-0.3, -0.25) is 0 Å². The zero-order valence-corrected chi connectivity index (χ0v) is 11.6. The van der Waals surface area contributed by atoms with Gasteiger partial charge in [0.15, 0.2) is 0 Å². The second kappa shape index (κ2) is 6.27. The summed E-state index contributed by atoms with van der Waals surface area (Å²) >= 11 is 7.29. The predicted molar refractivity (Wildman–Crippen MR) is 73.7 cm³/mol. The van der Waals surface area contributed by atoms with Crippen molar-refractivity contribution in [1.29, 1.82) is 0 Å². The standard InChI is InChI=1S/C13H14ClFN2S/c1-9-8-18-13(17-9)4-5-16-7-10-2-3-11(14)12(15)6-10/h2-3,6,8,16H,4-5,7H2,1H3. The highest BCUT2D eigenvalue weighted by atomic mass is 35.5. The second-order valence-electron chi connectivity index (χ2n) is 4.06. The summed E-state index contributed by atoms with van der Waals surface area (Å²) in [6.07, 6.45) is 0.897. The summed E-state index contributed by atoms with van der Waals surface area (Å²) in [5, 5.41) is 6.60. The Bertz CT molecular complexity index is 527. The van der Waals surface area contributed by atoms with Gasteiger partial charge in [0.25, 0.3) is 0 Å². The lowest BCUT2D eigenvalue weighted by molar-refractivity contribution is 0.620. The number of nitrogens with zero attached hydrogens (tertiary/aromatic N) is 1. The summed E-state index contributed by atoms with van der Waals surface area (Å²) in [5.41, 5.74) is 1.96. The van der Waals surface area contributed by atoms with Gasteiger partial charge in [0, 0.05) is 30.6 Å². The predicted octanol–water partition coefficient (Wildman–Crippen LogP) is 3.58. The summed E-state index contributed by atoms with van der Waals surface area (Å²) < 4.78 is 13.2. The molecule has 5 heteroatoms. The van der Waals surface area contributed by atoms with E-state index in [0.29, 0.717) is 6.54 Å². The highest BCUT2D eigenvalue weighted by molar-refractivity contribution is 7.09. The molecule has 0 atom stereocenters. The van der Waals surface area contributed by atoms with Crippen LogP contribution in [0.4, 0.5) is 4.39 Å². The number of halogens is 2. The van der Waals surface area contributed by atoms with Gasteiger partial charge >= 0.3 is 0 Å². The summed E-state index contributed by atoms with van der Waals surface area (Å²) in [5.74, 6) is -0.369. The van der Waals surface area contributed by atoms with Gasteiger partial charge in [0.1, 0.15) is 5.82 Å².